The minimum atomic E-state index is -0.372. The van der Waals surface area contributed by atoms with Crippen molar-refractivity contribution in [3.05, 3.63) is 59.2 Å². The number of hydrogen-bond donors (Lipinski definition) is 0. The SMILES string of the molecule is CCN(CC)CCOC(=O)c1cccc2c1-c1ccccc1C2=O.Cl. The van der Waals surface area contributed by atoms with Crippen LogP contribution in [0.4, 0.5) is 0 Å². The van der Waals surface area contributed by atoms with Crippen molar-refractivity contribution < 1.29 is 14.3 Å². The Kier molecular flexibility index (Phi) is 6.34. The molecule has 0 saturated carbocycles. The molecule has 0 bridgehead atoms. The Morgan fingerprint density at radius 3 is 2.28 bits per heavy atom. The second-order valence-electron chi connectivity index (χ2n) is 5.77. The van der Waals surface area contributed by atoms with Crippen LogP contribution in [0.25, 0.3) is 11.1 Å². The molecular formula is C20H22ClNO3. The maximum absolute atomic E-state index is 12.5. The average Bonchev–Trinajstić information content (AvgIpc) is 2.92. The number of fused-ring (bicyclic) bond motifs is 3. The molecule has 25 heavy (non-hydrogen) atoms. The number of benzene rings is 2. The van der Waals surface area contributed by atoms with E-state index in [1.807, 2.05) is 18.2 Å². The molecule has 1 aliphatic rings. The van der Waals surface area contributed by atoms with Gasteiger partial charge in [0.05, 0.1) is 5.56 Å². The normalized spacial score (nSPS) is 11.7. The van der Waals surface area contributed by atoms with E-state index in [9.17, 15) is 9.59 Å². The Morgan fingerprint density at radius 1 is 0.960 bits per heavy atom. The number of ketones is 1. The molecule has 0 aromatic heterocycles. The zero-order valence-corrected chi connectivity index (χ0v) is 15.3. The van der Waals surface area contributed by atoms with Crippen LogP contribution in [0.5, 0.6) is 0 Å². The van der Waals surface area contributed by atoms with Crippen LogP contribution in [0.15, 0.2) is 42.5 Å². The molecule has 0 radical (unpaired) electrons. The van der Waals surface area contributed by atoms with Crippen LogP contribution < -0.4 is 0 Å². The van der Waals surface area contributed by atoms with Crippen molar-refractivity contribution in [1.29, 1.82) is 0 Å². The van der Waals surface area contributed by atoms with Crippen molar-refractivity contribution >= 4 is 24.2 Å². The molecule has 132 valence electrons. The Labute approximate surface area is 154 Å². The summed E-state index contributed by atoms with van der Waals surface area (Å²) in [5.74, 6) is -0.401. The second-order valence-corrected chi connectivity index (χ2v) is 5.77. The van der Waals surface area contributed by atoms with Crippen LogP contribution in [-0.2, 0) is 4.74 Å². The first-order valence-electron chi connectivity index (χ1n) is 8.34. The van der Waals surface area contributed by atoms with Gasteiger partial charge >= 0.3 is 5.97 Å². The molecule has 0 fully saturated rings. The van der Waals surface area contributed by atoms with Crippen molar-refractivity contribution in [2.75, 3.05) is 26.2 Å². The van der Waals surface area contributed by atoms with Crippen LogP contribution >= 0.6 is 12.4 Å². The average molecular weight is 360 g/mol. The predicted octanol–water partition coefficient (Wildman–Crippen LogP) is 3.82. The number of halogens is 1. The van der Waals surface area contributed by atoms with E-state index < -0.39 is 0 Å². The first-order chi connectivity index (χ1) is 11.7. The summed E-state index contributed by atoms with van der Waals surface area (Å²) in [7, 11) is 0. The second kappa shape index (κ2) is 8.28. The van der Waals surface area contributed by atoms with E-state index in [-0.39, 0.29) is 24.2 Å². The lowest BCUT2D eigenvalue weighted by molar-refractivity contribution is 0.0467. The standard InChI is InChI=1S/C20H21NO3.ClH/c1-3-21(4-2)12-13-24-20(23)17-11-7-10-16-18(17)14-8-5-6-9-15(14)19(16)22;/h5-11H,3-4,12-13H2,1-2H3;1H. The fourth-order valence-electron chi connectivity index (χ4n) is 3.13. The predicted molar refractivity (Wildman–Crippen MR) is 101 cm³/mol. The van der Waals surface area contributed by atoms with Gasteiger partial charge in [-0.1, -0.05) is 50.2 Å². The Hall–Kier alpha value is -2.17. The number of hydrogen-bond acceptors (Lipinski definition) is 4. The first-order valence-corrected chi connectivity index (χ1v) is 8.34. The van der Waals surface area contributed by atoms with E-state index in [4.69, 9.17) is 4.74 Å². The number of carbonyl (C=O) groups excluding carboxylic acids is 2. The van der Waals surface area contributed by atoms with Gasteiger partial charge < -0.3 is 9.64 Å². The largest absolute Gasteiger partial charge is 0.461 e. The van der Waals surface area contributed by atoms with Crippen LogP contribution in [-0.4, -0.2) is 42.9 Å². The summed E-state index contributed by atoms with van der Waals surface area (Å²) < 4.78 is 5.45. The summed E-state index contributed by atoms with van der Waals surface area (Å²) in [6.45, 7) is 7.08. The zero-order valence-electron chi connectivity index (χ0n) is 14.5. The van der Waals surface area contributed by atoms with Crippen molar-refractivity contribution in [3.8, 4) is 11.1 Å². The van der Waals surface area contributed by atoms with Gasteiger partial charge in [-0.15, -0.1) is 12.4 Å². The van der Waals surface area contributed by atoms with Crippen molar-refractivity contribution in [3.63, 3.8) is 0 Å². The highest BCUT2D eigenvalue weighted by Gasteiger charge is 2.30. The van der Waals surface area contributed by atoms with Crippen molar-refractivity contribution in [1.82, 2.24) is 4.90 Å². The van der Waals surface area contributed by atoms with Gasteiger partial charge in [-0.25, -0.2) is 4.79 Å². The van der Waals surface area contributed by atoms with E-state index in [1.54, 1.807) is 24.3 Å². The number of esters is 1. The molecule has 0 heterocycles. The molecule has 0 unspecified atom stereocenters. The highest BCUT2D eigenvalue weighted by molar-refractivity contribution is 6.24. The molecule has 0 aliphatic heterocycles. The van der Waals surface area contributed by atoms with Gasteiger partial charge in [0.2, 0.25) is 0 Å². The lowest BCUT2D eigenvalue weighted by Gasteiger charge is -2.17. The van der Waals surface area contributed by atoms with Gasteiger partial charge in [0.1, 0.15) is 6.61 Å². The summed E-state index contributed by atoms with van der Waals surface area (Å²) >= 11 is 0. The molecule has 1 aliphatic carbocycles. The topological polar surface area (TPSA) is 46.6 Å². The maximum atomic E-state index is 12.5. The fourth-order valence-corrected chi connectivity index (χ4v) is 3.13. The summed E-state index contributed by atoms with van der Waals surface area (Å²) in [5.41, 5.74) is 3.20. The first kappa shape index (κ1) is 19.2. The zero-order chi connectivity index (χ0) is 17.1. The number of rotatable bonds is 6. The number of likely N-dealkylation sites (N-methyl/N-ethyl adjacent to an activating group) is 1. The summed E-state index contributed by atoms with van der Waals surface area (Å²) in [6, 6.07) is 12.6. The van der Waals surface area contributed by atoms with Crippen LogP contribution in [0.1, 0.15) is 40.1 Å². The third-order valence-corrected chi connectivity index (χ3v) is 4.51. The molecule has 2 aromatic carbocycles. The molecular weight excluding hydrogens is 338 g/mol. The number of carbonyl (C=O) groups is 2. The van der Waals surface area contributed by atoms with Gasteiger partial charge in [0.25, 0.3) is 0 Å². The highest BCUT2D eigenvalue weighted by atomic mass is 35.5. The summed E-state index contributed by atoms with van der Waals surface area (Å²) in [6.07, 6.45) is 0. The monoisotopic (exact) mass is 359 g/mol. The maximum Gasteiger partial charge on any atom is 0.338 e. The smallest absolute Gasteiger partial charge is 0.338 e. The Balaban J connectivity index is 0.00000225. The van der Waals surface area contributed by atoms with Crippen LogP contribution in [0, 0.1) is 0 Å². The number of ether oxygens (including phenoxy) is 1. The van der Waals surface area contributed by atoms with Gasteiger partial charge in [-0.05, 0) is 24.7 Å². The minimum absolute atomic E-state index is 0. The molecule has 0 spiro atoms. The minimum Gasteiger partial charge on any atom is -0.461 e. The lowest BCUT2D eigenvalue weighted by Crippen LogP contribution is -2.28. The molecule has 0 amide bonds. The summed E-state index contributed by atoms with van der Waals surface area (Å²) in [4.78, 5) is 27.2. The third kappa shape index (κ3) is 3.60. The van der Waals surface area contributed by atoms with Crippen molar-refractivity contribution in [2.45, 2.75) is 13.8 Å². The molecule has 0 saturated heterocycles. The number of nitrogens with zero attached hydrogens (tertiary/aromatic N) is 1. The van der Waals surface area contributed by atoms with Gasteiger partial charge in [-0.2, -0.15) is 0 Å². The Bertz CT molecular complexity index is 784. The molecule has 4 nitrogen and oxygen atoms in total. The van der Waals surface area contributed by atoms with Gasteiger partial charge in [0, 0.05) is 23.2 Å². The van der Waals surface area contributed by atoms with Crippen LogP contribution in [0.3, 0.4) is 0 Å². The van der Waals surface area contributed by atoms with Gasteiger partial charge in [0.15, 0.2) is 5.78 Å². The van der Waals surface area contributed by atoms with E-state index in [0.29, 0.717) is 35.4 Å². The quantitative estimate of drug-likeness (QED) is 0.628. The third-order valence-electron chi connectivity index (χ3n) is 4.51. The van der Waals surface area contributed by atoms with Gasteiger partial charge in [-0.3, -0.25) is 4.79 Å². The molecule has 5 heteroatoms. The molecule has 2 aromatic rings. The molecule has 3 rings (SSSR count). The Morgan fingerprint density at radius 2 is 1.60 bits per heavy atom. The molecule has 0 atom stereocenters. The van der Waals surface area contributed by atoms with E-state index in [1.165, 1.54) is 0 Å². The van der Waals surface area contributed by atoms with E-state index in [2.05, 4.69) is 18.7 Å². The van der Waals surface area contributed by atoms with Crippen molar-refractivity contribution in [2.24, 2.45) is 0 Å². The molecule has 0 N–H and O–H groups in total. The van der Waals surface area contributed by atoms with E-state index >= 15 is 0 Å². The highest BCUT2D eigenvalue weighted by Crippen LogP contribution is 2.38. The van der Waals surface area contributed by atoms with E-state index in [0.717, 1.165) is 18.7 Å². The fraction of sp³-hybridized carbons (Fsp3) is 0.300. The van der Waals surface area contributed by atoms with Crippen LogP contribution in [0.2, 0.25) is 0 Å². The lowest BCUT2D eigenvalue weighted by atomic mass is 9.99. The summed E-state index contributed by atoms with van der Waals surface area (Å²) in [5, 5.41) is 0.